The lowest BCUT2D eigenvalue weighted by Crippen LogP contribution is -1.98. The molecule has 0 fully saturated rings. The minimum absolute atomic E-state index is 0.557. The van der Waals surface area contributed by atoms with Crippen molar-refractivity contribution < 1.29 is 0 Å². The van der Waals surface area contributed by atoms with Gasteiger partial charge in [-0.05, 0) is 17.7 Å². The monoisotopic (exact) mass is 168 g/mol. The Hall–Kier alpha value is -1.15. The second-order valence-electron chi connectivity index (χ2n) is 2.13. The van der Waals surface area contributed by atoms with Crippen molar-refractivity contribution in [2.24, 2.45) is 11.5 Å². The van der Waals surface area contributed by atoms with E-state index in [1.54, 1.807) is 12.1 Å². The lowest BCUT2D eigenvalue weighted by molar-refractivity contribution is 1.46. The predicted molar refractivity (Wildman–Crippen MR) is 47.8 cm³/mol. The normalized spacial score (nSPS) is 11.5. The third-order valence-corrected chi connectivity index (χ3v) is 1.61. The molecule has 0 saturated heterocycles. The molecule has 11 heavy (non-hydrogen) atoms. The number of halogens is 1. The number of hydrogen-bond acceptors (Lipinski definition) is 2. The van der Waals surface area contributed by atoms with Gasteiger partial charge < -0.3 is 11.5 Å². The third-order valence-electron chi connectivity index (χ3n) is 1.36. The highest BCUT2D eigenvalue weighted by Gasteiger charge is 1.93. The Morgan fingerprint density at radius 3 is 2.27 bits per heavy atom. The largest absolute Gasteiger partial charge is 0.403 e. The predicted octanol–water partition coefficient (Wildman–Crippen LogP) is 1.56. The second-order valence-corrected chi connectivity index (χ2v) is 2.57. The van der Waals surface area contributed by atoms with Crippen molar-refractivity contribution in [3.05, 3.63) is 41.1 Å². The van der Waals surface area contributed by atoms with Gasteiger partial charge in [0.25, 0.3) is 0 Å². The molecule has 1 aromatic rings. The molecular weight excluding hydrogens is 160 g/mol. The van der Waals surface area contributed by atoms with Crippen molar-refractivity contribution in [2.45, 2.75) is 0 Å². The van der Waals surface area contributed by atoms with E-state index in [1.807, 2.05) is 12.1 Å². The highest BCUT2D eigenvalue weighted by molar-refractivity contribution is 6.30. The number of nitrogens with two attached hydrogens (primary N) is 2. The summed E-state index contributed by atoms with van der Waals surface area (Å²) in [6, 6.07) is 7.18. The molecule has 0 aliphatic rings. The minimum Gasteiger partial charge on any atom is -0.403 e. The lowest BCUT2D eigenvalue weighted by atomic mass is 10.2. The summed E-state index contributed by atoms with van der Waals surface area (Å²) in [6.45, 7) is 0. The van der Waals surface area contributed by atoms with Crippen LogP contribution in [0.15, 0.2) is 30.5 Å². The van der Waals surface area contributed by atoms with Crippen LogP contribution in [0, 0.1) is 0 Å². The van der Waals surface area contributed by atoms with Crippen molar-refractivity contribution in [3.63, 3.8) is 0 Å². The minimum atomic E-state index is 0.557. The molecule has 0 bridgehead atoms. The van der Waals surface area contributed by atoms with E-state index in [9.17, 15) is 0 Å². The summed E-state index contributed by atoms with van der Waals surface area (Å²) in [5.41, 5.74) is 12.2. The first-order valence-electron chi connectivity index (χ1n) is 3.17. The molecule has 4 N–H and O–H groups in total. The maximum atomic E-state index is 5.67. The molecule has 2 nitrogen and oxygen atoms in total. The maximum Gasteiger partial charge on any atom is 0.0545 e. The molecule has 0 saturated carbocycles. The van der Waals surface area contributed by atoms with Gasteiger partial charge in [-0.2, -0.15) is 0 Å². The van der Waals surface area contributed by atoms with Gasteiger partial charge in [-0.1, -0.05) is 23.7 Å². The summed E-state index contributed by atoms with van der Waals surface area (Å²) in [5, 5.41) is 0.693. The van der Waals surface area contributed by atoms with Gasteiger partial charge in [0.15, 0.2) is 0 Å². The summed E-state index contributed by atoms with van der Waals surface area (Å²) >= 11 is 5.67. The molecule has 0 radical (unpaired) electrons. The summed E-state index contributed by atoms with van der Waals surface area (Å²) in [4.78, 5) is 0. The quantitative estimate of drug-likeness (QED) is 0.669. The van der Waals surface area contributed by atoms with E-state index in [4.69, 9.17) is 23.1 Å². The van der Waals surface area contributed by atoms with Gasteiger partial charge in [-0.15, -0.1) is 0 Å². The molecule has 0 aromatic heterocycles. The van der Waals surface area contributed by atoms with Crippen molar-refractivity contribution >= 4 is 17.3 Å². The van der Waals surface area contributed by atoms with E-state index >= 15 is 0 Å². The Labute approximate surface area is 70.5 Å². The molecule has 0 spiro atoms. The van der Waals surface area contributed by atoms with Crippen molar-refractivity contribution in [3.8, 4) is 0 Å². The fraction of sp³-hybridized carbons (Fsp3) is 0. The zero-order chi connectivity index (χ0) is 8.27. The van der Waals surface area contributed by atoms with Crippen LogP contribution in [0.4, 0.5) is 0 Å². The highest BCUT2D eigenvalue weighted by Crippen LogP contribution is 2.12. The molecule has 1 rings (SSSR count). The van der Waals surface area contributed by atoms with Crippen LogP contribution in [0.25, 0.3) is 5.70 Å². The summed E-state index contributed by atoms with van der Waals surface area (Å²) < 4.78 is 0. The van der Waals surface area contributed by atoms with Crippen LogP contribution >= 0.6 is 11.6 Å². The number of rotatable bonds is 1. The summed E-state index contributed by atoms with van der Waals surface area (Å²) in [6.07, 6.45) is 1.36. The number of benzene rings is 1. The number of hydrogen-bond donors (Lipinski definition) is 2. The Balaban J connectivity index is 2.99. The Morgan fingerprint density at radius 1 is 1.27 bits per heavy atom. The average Bonchev–Trinajstić information content (AvgIpc) is 2.05. The van der Waals surface area contributed by atoms with E-state index in [1.165, 1.54) is 6.20 Å². The maximum absolute atomic E-state index is 5.67. The Kier molecular flexibility index (Phi) is 2.39. The van der Waals surface area contributed by atoms with Crippen LogP contribution in [-0.4, -0.2) is 0 Å². The fourth-order valence-electron chi connectivity index (χ4n) is 0.739. The third kappa shape index (κ3) is 1.88. The second kappa shape index (κ2) is 3.30. The standard InChI is InChI=1S/C8H9ClN2/c9-7-3-1-6(2-4-7)8(11)5-10/h1-5H,10-11H2/b8-5+. The van der Waals surface area contributed by atoms with Crippen LogP contribution in [0.3, 0.4) is 0 Å². The first-order chi connectivity index (χ1) is 5.24. The molecular formula is C8H9ClN2. The molecule has 58 valence electrons. The SMILES string of the molecule is N/C=C(/N)c1ccc(Cl)cc1. The van der Waals surface area contributed by atoms with E-state index < -0.39 is 0 Å². The van der Waals surface area contributed by atoms with Crippen molar-refractivity contribution in [1.29, 1.82) is 0 Å². The Morgan fingerprint density at radius 2 is 1.82 bits per heavy atom. The topological polar surface area (TPSA) is 52.0 Å². The van der Waals surface area contributed by atoms with Crippen molar-refractivity contribution in [1.82, 2.24) is 0 Å². The van der Waals surface area contributed by atoms with Crippen LogP contribution in [0.1, 0.15) is 5.56 Å². The molecule has 1 aromatic carbocycles. The van der Waals surface area contributed by atoms with Gasteiger partial charge in [0.2, 0.25) is 0 Å². The van der Waals surface area contributed by atoms with E-state index in [2.05, 4.69) is 0 Å². The van der Waals surface area contributed by atoms with Gasteiger partial charge in [0.1, 0.15) is 0 Å². The molecule has 3 heteroatoms. The smallest absolute Gasteiger partial charge is 0.0545 e. The Bertz CT molecular complexity index is 264. The molecule has 0 aliphatic heterocycles. The highest BCUT2D eigenvalue weighted by atomic mass is 35.5. The van der Waals surface area contributed by atoms with Crippen LogP contribution in [-0.2, 0) is 0 Å². The van der Waals surface area contributed by atoms with Crippen molar-refractivity contribution in [2.75, 3.05) is 0 Å². The molecule has 0 heterocycles. The van der Waals surface area contributed by atoms with Gasteiger partial charge in [-0.3, -0.25) is 0 Å². The van der Waals surface area contributed by atoms with Crippen LogP contribution in [0.2, 0.25) is 5.02 Å². The van der Waals surface area contributed by atoms with Crippen LogP contribution < -0.4 is 11.5 Å². The van der Waals surface area contributed by atoms with Gasteiger partial charge >= 0.3 is 0 Å². The summed E-state index contributed by atoms with van der Waals surface area (Å²) in [5.74, 6) is 0. The molecule has 0 aliphatic carbocycles. The first kappa shape index (κ1) is 7.95. The summed E-state index contributed by atoms with van der Waals surface area (Å²) in [7, 11) is 0. The zero-order valence-electron chi connectivity index (χ0n) is 5.92. The lowest BCUT2D eigenvalue weighted by Gasteiger charge is -1.98. The molecule has 0 unspecified atom stereocenters. The van der Waals surface area contributed by atoms with Gasteiger partial charge in [0, 0.05) is 11.2 Å². The first-order valence-corrected chi connectivity index (χ1v) is 3.55. The zero-order valence-corrected chi connectivity index (χ0v) is 6.68. The van der Waals surface area contributed by atoms with Crippen LogP contribution in [0.5, 0.6) is 0 Å². The van der Waals surface area contributed by atoms with Gasteiger partial charge in [-0.25, -0.2) is 0 Å². The van der Waals surface area contributed by atoms with E-state index in [-0.39, 0.29) is 0 Å². The van der Waals surface area contributed by atoms with E-state index in [0.29, 0.717) is 10.7 Å². The molecule has 0 amide bonds. The van der Waals surface area contributed by atoms with Gasteiger partial charge in [0.05, 0.1) is 5.70 Å². The van der Waals surface area contributed by atoms with E-state index in [0.717, 1.165) is 5.56 Å². The fourth-order valence-corrected chi connectivity index (χ4v) is 0.865. The average molecular weight is 169 g/mol. The molecule has 0 atom stereocenters.